The molecule has 2 heterocycles. The predicted molar refractivity (Wildman–Crippen MR) is 132 cm³/mol. The van der Waals surface area contributed by atoms with Gasteiger partial charge in [-0.15, -0.1) is 0 Å². The maximum Gasteiger partial charge on any atom is 0.226 e. The molecule has 1 aromatic heterocycles. The number of carbonyl (C=O) groups excluding carboxylic acids is 1. The number of benzene rings is 2. The largest absolute Gasteiger partial charge is 0.377 e. The lowest BCUT2D eigenvalue weighted by atomic mass is 9.84. The summed E-state index contributed by atoms with van der Waals surface area (Å²) in [5, 5.41) is 1.30. The lowest BCUT2D eigenvalue weighted by molar-refractivity contribution is -0.146. The van der Waals surface area contributed by atoms with Crippen LogP contribution >= 0.6 is 0 Å². The zero-order valence-electron chi connectivity index (χ0n) is 19.6. The van der Waals surface area contributed by atoms with Gasteiger partial charge in [0.2, 0.25) is 5.91 Å². The van der Waals surface area contributed by atoms with E-state index in [1.54, 1.807) is 0 Å². The molecule has 4 nitrogen and oxygen atoms in total. The van der Waals surface area contributed by atoms with E-state index in [1.807, 2.05) is 0 Å². The van der Waals surface area contributed by atoms with Crippen molar-refractivity contribution in [2.24, 2.45) is 11.8 Å². The molecule has 1 amide bonds. The highest BCUT2D eigenvalue weighted by molar-refractivity contribution is 5.88. The van der Waals surface area contributed by atoms with Gasteiger partial charge in [0.1, 0.15) is 0 Å². The lowest BCUT2D eigenvalue weighted by Crippen LogP contribution is -2.52. The molecule has 1 atom stereocenters. The fourth-order valence-corrected chi connectivity index (χ4v) is 6.22. The number of morpholine rings is 1. The Labute approximate surface area is 196 Å². The van der Waals surface area contributed by atoms with Gasteiger partial charge < -0.3 is 14.2 Å². The second kappa shape index (κ2) is 8.64. The van der Waals surface area contributed by atoms with E-state index in [-0.39, 0.29) is 5.92 Å². The van der Waals surface area contributed by atoms with E-state index in [0.717, 1.165) is 38.8 Å². The van der Waals surface area contributed by atoms with Crippen molar-refractivity contribution in [3.8, 4) is 11.3 Å². The van der Waals surface area contributed by atoms with Crippen LogP contribution in [0.1, 0.15) is 50.1 Å². The number of fused-ring (bicyclic) bond motifs is 1. The minimum Gasteiger partial charge on any atom is -0.377 e. The van der Waals surface area contributed by atoms with Crippen LogP contribution in [0.4, 0.5) is 0 Å². The lowest BCUT2D eigenvalue weighted by Gasteiger charge is -2.40. The number of hydrogen-bond donors (Lipinski definition) is 0. The van der Waals surface area contributed by atoms with Gasteiger partial charge in [-0.3, -0.25) is 4.79 Å². The molecule has 6 rings (SSSR count). The molecule has 172 valence electrons. The Morgan fingerprint density at radius 3 is 2.48 bits per heavy atom. The van der Waals surface area contributed by atoms with Crippen LogP contribution < -0.4 is 0 Å². The van der Waals surface area contributed by atoms with E-state index < -0.39 is 0 Å². The van der Waals surface area contributed by atoms with Gasteiger partial charge in [0.05, 0.1) is 19.3 Å². The van der Waals surface area contributed by atoms with Crippen LogP contribution in [0.2, 0.25) is 0 Å². The second-order valence-corrected chi connectivity index (χ2v) is 10.3. The van der Waals surface area contributed by atoms with E-state index in [2.05, 4.69) is 71.0 Å². The molecular formula is C29H34N2O2. The van der Waals surface area contributed by atoms with Crippen molar-refractivity contribution < 1.29 is 9.53 Å². The van der Waals surface area contributed by atoms with Crippen LogP contribution in [0, 0.1) is 18.8 Å². The number of nitrogens with zero attached hydrogens (tertiary/aromatic N) is 2. The summed E-state index contributed by atoms with van der Waals surface area (Å²) < 4.78 is 8.30. The maximum atomic E-state index is 13.5. The summed E-state index contributed by atoms with van der Waals surface area (Å²) in [4.78, 5) is 15.7. The number of carbonyl (C=O) groups is 1. The normalized spacial score (nSPS) is 26.0. The molecule has 2 aliphatic carbocycles. The molecule has 3 fully saturated rings. The summed E-state index contributed by atoms with van der Waals surface area (Å²) in [6, 6.07) is 20.6. The van der Waals surface area contributed by atoms with Crippen molar-refractivity contribution in [1.29, 1.82) is 0 Å². The van der Waals surface area contributed by atoms with Crippen molar-refractivity contribution in [3.05, 3.63) is 60.2 Å². The summed E-state index contributed by atoms with van der Waals surface area (Å²) in [5.41, 5.74) is 5.25. The van der Waals surface area contributed by atoms with Gasteiger partial charge in [0.15, 0.2) is 0 Å². The second-order valence-electron chi connectivity index (χ2n) is 10.3. The maximum absolute atomic E-state index is 13.5. The summed E-state index contributed by atoms with van der Waals surface area (Å²) in [6.45, 7) is 4.41. The van der Waals surface area contributed by atoms with Crippen molar-refractivity contribution in [1.82, 2.24) is 9.47 Å². The summed E-state index contributed by atoms with van der Waals surface area (Å²) in [7, 11) is 0. The smallest absolute Gasteiger partial charge is 0.226 e. The van der Waals surface area contributed by atoms with Crippen LogP contribution in [0.15, 0.2) is 54.6 Å². The zero-order valence-corrected chi connectivity index (χ0v) is 19.6. The van der Waals surface area contributed by atoms with Crippen LogP contribution in [0.25, 0.3) is 22.2 Å². The molecule has 0 bridgehead atoms. The Morgan fingerprint density at radius 2 is 1.70 bits per heavy atom. The molecule has 1 unspecified atom stereocenters. The molecule has 33 heavy (non-hydrogen) atoms. The van der Waals surface area contributed by atoms with Gasteiger partial charge >= 0.3 is 0 Å². The highest BCUT2D eigenvalue weighted by Gasteiger charge is 2.41. The van der Waals surface area contributed by atoms with Crippen LogP contribution in [-0.2, 0) is 9.53 Å². The first-order valence-electron chi connectivity index (χ1n) is 12.7. The minimum absolute atomic E-state index is 0.171. The topological polar surface area (TPSA) is 34.5 Å². The molecular weight excluding hydrogens is 408 g/mol. The first-order valence-corrected chi connectivity index (χ1v) is 12.7. The molecule has 1 aliphatic heterocycles. The van der Waals surface area contributed by atoms with Gasteiger partial charge in [-0.25, -0.2) is 0 Å². The number of ether oxygens (including phenoxy) is 1. The van der Waals surface area contributed by atoms with Crippen LogP contribution in [0.5, 0.6) is 0 Å². The summed E-state index contributed by atoms with van der Waals surface area (Å²) >= 11 is 0. The Hall–Kier alpha value is -2.59. The quantitative estimate of drug-likeness (QED) is 0.498. The van der Waals surface area contributed by atoms with Crippen LogP contribution in [0.3, 0.4) is 0 Å². The Bertz CT molecular complexity index is 1150. The van der Waals surface area contributed by atoms with Gasteiger partial charge in [0, 0.05) is 40.7 Å². The third-order valence-corrected chi connectivity index (χ3v) is 8.19. The number of aromatic nitrogens is 1. The Morgan fingerprint density at radius 1 is 0.939 bits per heavy atom. The zero-order chi connectivity index (χ0) is 22.4. The van der Waals surface area contributed by atoms with Crippen molar-refractivity contribution in [2.75, 3.05) is 19.8 Å². The minimum atomic E-state index is 0.171. The molecule has 2 saturated carbocycles. The highest BCUT2D eigenvalue weighted by Crippen LogP contribution is 2.42. The number of rotatable bonds is 4. The Balaban J connectivity index is 1.25. The molecule has 0 radical (unpaired) electrons. The van der Waals surface area contributed by atoms with E-state index in [1.165, 1.54) is 40.6 Å². The number of amides is 1. The Kier molecular flexibility index (Phi) is 5.49. The molecule has 1 saturated heterocycles. The van der Waals surface area contributed by atoms with Gasteiger partial charge in [-0.1, -0.05) is 42.5 Å². The van der Waals surface area contributed by atoms with Crippen molar-refractivity contribution in [2.45, 2.75) is 57.5 Å². The van der Waals surface area contributed by atoms with E-state index >= 15 is 0 Å². The molecule has 0 N–H and O–H groups in total. The van der Waals surface area contributed by atoms with Crippen molar-refractivity contribution in [3.63, 3.8) is 0 Å². The number of hydrogen-bond acceptors (Lipinski definition) is 2. The third kappa shape index (κ3) is 3.89. The van der Waals surface area contributed by atoms with Gasteiger partial charge in [0.25, 0.3) is 0 Å². The predicted octanol–water partition coefficient (Wildman–Crippen LogP) is 5.99. The number of aryl methyl sites for hydroxylation is 1. The summed E-state index contributed by atoms with van der Waals surface area (Å²) in [6.07, 6.45) is 6.61. The molecule has 4 heteroatoms. The number of para-hydroxylation sites is 1. The van der Waals surface area contributed by atoms with E-state index in [9.17, 15) is 4.79 Å². The molecule has 2 aromatic carbocycles. The van der Waals surface area contributed by atoms with Gasteiger partial charge in [-0.05, 0) is 69.1 Å². The average Bonchev–Trinajstić information content (AvgIpc) is 3.64. The third-order valence-electron chi connectivity index (χ3n) is 8.19. The van der Waals surface area contributed by atoms with E-state index in [0.29, 0.717) is 30.5 Å². The monoisotopic (exact) mass is 442 g/mol. The fourth-order valence-electron chi connectivity index (χ4n) is 6.22. The average molecular weight is 443 g/mol. The van der Waals surface area contributed by atoms with Crippen molar-refractivity contribution >= 4 is 16.8 Å². The highest BCUT2D eigenvalue weighted by atomic mass is 16.5. The first kappa shape index (κ1) is 21.0. The fraction of sp³-hybridized carbons (Fsp3) is 0.483. The molecule has 0 spiro atoms. The van der Waals surface area contributed by atoms with Crippen LogP contribution in [-0.4, -0.2) is 41.2 Å². The first-order chi connectivity index (χ1) is 16.2. The molecule has 3 aromatic rings. The molecule has 3 aliphatic rings. The van der Waals surface area contributed by atoms with Gasteiger partial charge in [-0.2, -0.15) is 0 Å². The summed E-state index contributed by atoms with van der Waals surface area (Å²) in [5.74, 6) is 1.24. The standard InChI is InChI=1S/C29H34N2O2/c1-20-6-2-4-8-25(20)27-18-23-7-3-5-9-26(23)31(27)24-14-12-22(13-15-24)29(32)30-16-17-33-19-28(30)21-10-11-21/h2-9,18,21-22,24,28H,10-17,19H2,1H3. The SMILES string of the molecule is Cc1ccccc1-c1cc2ccccc2n1C1CCC(C(=O)N2CCOCC2C2CC2)CC1. The van der Waals surface area contributed by atoms with E-state index in [4.69, 9.17) is 4.74 Å².